The highest BCUT2D eigenvalue weighted by Gasteiger charge is 2.21. The Balaban J connectivity index is 1.76. The van der Waals surface area contributed by atoms with Gasteiger partial charge in [0.05, 0.1) is 6.04 Å². The number of benzene rings is 1. The Labute approximate surface area is 142 Å². The van der Waals surface area contributed by atoms with E-state index in [0.717, 1.165) is 29.7 Å². The predicted molar refractivity (Wildman–Crippen MR) is 94.1 cm³/mol. The average Bonchev–Trinajstić information content (AvgIpc) is 3.37. The zero-order valence-corrected chi connectivity index (χ0v) is 14.3. The summed E-state index contributed by atoms with van der Waals surface area (Å²) in [4.78, 5) is 8.73. The quantitative estimate of drug-likeness (QED) is 0.491. The molecule has 0 saturated heterocycles. The molecule has 0 amide bonds. The number of pyridine rings is 1. The zero-order valence-electron chi connectivity index (χ0n) is 14.3. The number of hydrogen-bond donors (Lipinski definition) is 2. The van der Waals surface area contributed by atoms with Gasteiger partial charge in [0.15, 0.2) is 5.84 Å². The minimum atomic E-state index is 0.317. The van der Waals surface area contributed by atoms with Crippen molar-refractivity contribution in [2.45, 2.75) is 45.6 Å². The van der Waals surface area contributed by atoms with Gasteiger partial charge in [0, 0.05) is 17.8 Å². The second-order valence-electron chi connectivity index (χ2n) is 6.54. The van der Waals surface area contributed by atoms with E-state index in [2.05, 4.69) is 42.3 Å². The highest BCUT2D eigenvalue weighted by Crippen LogP contribution is 2.27. The Morgan fingerprint density at radius 3 is 2.67 bits per heavy atom. The summed E-state index contributed by atoms with van der Waals surface area (Å²) in [6.45, 7) is 6.38. The van der Waals surface area contributed by atoms with Crippen molar-refractivity contribution in [3.05, 3.63) is 53.2 Å². The van der Waals surface area contributed by atoms with Crippen LogP contribution < -0.4 is 10.2 Å². The van der Waals surface area contributed by atoms with Gasteiger partial charge < -0.3 is 4.74 Å². The van der Waals surface area contributed by atoms with Crippen LogP contribution in [0.15, 0.2) is 41.5 Å². The molecule has 126 valence electrons. The molecule has 1 heterocycles. The molecule has 2 aromatic rings. The molecule has 1 saturated carbocycles. The van der Waals surface area contributed by atoms with E-state index < -0.39 is 0 Å². The van der Waals surface area contributed by atoms with Crippen molar-refractivity contribution in [1.29, 1.82) is 0 Å². The van der Waals surface area contributed by atoms with Gasteiger partial charge in [-0.15, -0.1) is 0 Å². The second-order valence-corrected chi connectivity index (χ2v) is 6.54. The molecule has 0 atom stereocenters. The van der Waals surface area contributed by atoms with E-state index in [9.17, 15) is 5.21 Å². The number of aliphatic imine (C=N–C) groups is 1. The van der Waals surface area contributed by atoms with Crippen LogP contribution in [0, 0.1) is 6.92 Å². The largest absolute Gasteiger partial charge is 0.439 e. The number of aryl methyl sites for hydroxylation is 1. The molecule has 5 heteroatoms. The van der Waals surface area contributed by atoms with Crippen LogP contribution in [0.25, 0.3) is 0 Å². The van der Waals surface area contributed by atoms with Crippen molar-refractivity contribution in [2.24, 2.45) is 4.99 Å². The molecule has 1 aliphatic carbocycles. The average molecular weight is 325 g/mol. The highest BCUT2D eigenvalue weighted by atomic mass is 16.5. The summed E-state index contributed by atoms with van der Waals surface area (Å²) in [6.07, 6.45) is 3.80. The van der Waals surface area contributed by atoms with E-state index in [-0.39, 0.29) is 0 Å². The van der Waals surface area contributed by atoms with Crippen molar-refractivity contribution >= 4 is 5.84 Å². The first-order valence-electron chi connectivity index (χ1n) is 8.29. The smallest absolute Gasteiger partial charge is 0.219 e. The maximum absolute atomic E-state index is 9.23. The van der Waals surface area contributed by atoms with Gasteiger partial charge in [-0.05, 0) is 55.0 Å². The van der Waals surface area contributed by atoms with Gasteiger partial charge in [-0.25, -0.2) is 4.98 Å². The van der Waals surface area contributed by atoms with Crippen LogP contribution in [-0.4, -0.2) is 22.1 Å². The number of hydrogen-bond acceptors (Lipinski definition) is 4. The molecule has 5 nitrogen and oxygen atoms in total. The molecule has 1 aromatic carbocycles. The Kier molecular flexibility index (Phi) is 4.81. The van der Waals surface area contributed by atoms with Crippen molar-refractivity contribution in [3.8, 4) is 11.6 Å². The van der Waals surface area contributed by atoms with Gasteiger partial charge in [-0.1, -0.05) is 19.9 Å². The molecule has 1 fully saturated rings. The molecule has 1 aromatic heterocycles. The van der Waals surface area contributed by atoms with E-state index in [1.807, 2.05) is 18.2 Å². The lowest BCUT2D eigenvalue weighted by molar-refractivity contribution is 0.234. The first-order chi connectivity index (χ1) is 11.5. The maximum atomic E-state index is 9.23. The van der Waals surface area contributed by atoms with E-state index in [1.54, 1.807) is 12.3 Å². The van der Waals surface area contributed by atoms with Crippen LogP contribution in [0.2, 0.25) is 0 Å². The molecule has 0 radical (unpaired) electrons. The summed E-state index contributed by atoms with van der Waals surface area (Å²) in [5, 5.41) is 9.23. The summed E-state index contributed by atoms with van der Waals surface area (Å²) in [5.74, 6) is 2.20. The third-order valence-electron chi connectivity index (χ3n) is 3.94. The van der Waals surface area contributed by atoms with Gasteiger partial charge in [-0.2, -0.15) is 0 Å². The molecule has 0 bridgehead atoms. The molecular formula is C19H23N3O2. The molecule has 3 rings (SSSR count). The number of nitrogens with zero attached hydrogens (tertiary/aromatic N) is 2. The van der Waals surface area contributed by atoms with Crippen LogP contribution in [0.4, 0.5) is 0 Å². The fourth-order valence-electron chi connectivity index (χ4n) is 2.42. The van der Waals surface area contributed by atoms with Crippen LogP contribution in [0.5, 0.6) is 11.6 Å². The fourth-order valence-corrected chi connectivity index (χ4v) is 2.42. The molecule has 24 heavy (non-hydrogen) atoms. The summed E-state index contributed by atoms with van der Waals surface area (Å²) < 4.78 is 5.88. The molecule has 0 unspecified atom stereocenters. The minimum Gasteiger partial charge on any atom is -0.439 e. The SMILES string of the molecule is Cc1cc(Oc2ccc(C(=NC3CC3)NO)cn2)cc(C(C)C)c1. The molecular weight excluding hydrogens is 302 g/mol. The Morgan fingerprint density at radius 2 is 2.08 bits per heavy atom. The number of amidine groups is 1. The topological polar surface area (TPSA) is 66.7 Å². The highest BCUT2D eigenvalue weighted by molar-refractivity contribution is 5.97. The lowest BCUT2D eigenvalue weighted by Gasteiger charge is -2.11. The summed E-state index contributed by atoms with van der Waals surface area (Å²) in [7, 11) is 0. The monoisotopic (exact) mass is 325 g/mol. The first-order valence-corrected chi connectivity index (χ1v) is 8.29. The van der Waals surface area contributed by atoms with Crippen LogP contribution >= 0.6 is 0 Å². The number of nitrogens with one attached hydrogen (secondary N) is 1. The third-order valence-corrected chi connectivity index (χ3v) is 3.94. The van der Waals surface area contributed by atoms with Crippen molar-refractivity contribution in [1.82, 2.24) is 10.5 Å². The number of ether oxygens (including phenoxy) is 1. The summed E-state index contributed by atoms with van der Waals surface area (Å²) in [6, 6.07) is 10.1. The zero-order chi connectivity index (χ0) is 17.1. The van der Waals surface area contributed by atoms with Gasteiger partial charge >= 0.3 is 0 Å². The fraction of sp³-hybridized carbons (Fsp3) is 0.368. The normalized spacial score (nSPS) is 14.8. The van der Waals surface area contributed by atoms with E-state index in [4.69, 9.17) is 4.74 Å². The van der Waals surface area contributed by atoms with Crippen molar-refractivity contribution in [3.63, 3.8) is 0 Å². The van der Waals surface area contributed by atoms with Gasteiger partial charge in [0.25, 0.3) is 0 Å². The van der Waals surface area contributed by atoms with Crippen molar-refractivity contribution in [2.75, 3.05) is 0 Å². The Hall–Kier alpha value is -2.40. The predicted octanol–water partition coefficient (Wildman–Crippen LogP) is 4.19. The van der Waals surface area contributed by atoms with Gasteiger partial charge in [0.1, 0.15) is 5.75 Å². The number of hydroxylamine groups is 1. The Morgan fingerprint density at radius 1 is 1.29 bits per heavy atom. The summed E-state index contributed by atoms with van der Waals surface area (Å²) in [5.41, 5.74) is 5.30. The van der Waals surface area contributed by atoms with E-state index in [0.29, 0.717) is 23.7 Å². The van der Waals surface area contributed by atoms with E-state index >= 15 is 0 Å². The van der Waals surface area contributed by atoms with Crippen LogP contribution in [0.1, 0.15) is 49.3 Å². The standard InChI is InChI=1S/C19H23N3O2/c1-12(2)15-8-13(3)9-17(10-15)24-18-7-4-14(11-20-18)19(22-23)21-16-5-6-16/h4,7-12,16,23H,5-6H2,1-3H3,(H,21,22). The maximum Gasteiger partial charge on any atom is 0.219 e. The van der Waals surface area contributed by atoms with Crippen LogP contribution in [0.3, 0.4) is 0 Å². The van der Waals surface area contributed by atoms with Gasteiger partial charge in [-0.3, -0.25) is 15.7 Å². The number of aromatic nitrogens is 1. The van der Waals surface area contributed by atoms with Crippen molar-refractivity contribution < 1.29 is 9.94 Å². The molecule has 0 aliphatic heterocycles. The molecule has 2 N–H and O–H groups in total. The molecule has 1 aliphatic rings. The van der Waals surface area contributed by atoms with Crippen LogP contribution in [-0.2, 0) is 0 Å². The van der Waals surface area contributed by atoms with Gasteiger partial charge in [0.2, 0.25) is 5.88 Å². The Bertz CT molecular complexity index is 735. The minimum absolute atomic E-state index is 0.317. The lowest BCUT2D eigenvalue weighted by atomic mass is 10.0. The lowest BCUT2D eigenvalue weighted by Crippen LogP contribution is -2.21. The number of rotatable bonds is 5. The molecule has 0 spiro atoms. The first kappa shape index (κ1) is 16.5. The summed E-state index contributed by atoms with van der Waals surface area (Å²) >= 11 is 0. The third kappa shape index (κ3) is 4.11. The van der Waals surface area contributed by atoms with E-state index in [1.165, 1.54) is 5.56 Å². The second kappa shape index (κ2) is 7.01.